The lowest BCUT2D eigenvalue weighted by Crippen LogP contribution is -2.59. The highest BCUT2D eigenvalue weighted by Gasteiger charge is 2.47. The molecule has 2 unspecified atom stereocenters. The highest BCUT2D eigenvalue weighted by atomic mass is 16.5. The third kappa shape index (κ3) is 3.03. The number of nitrogens with zero attached hydrogens (tertiary/aromatic N) is 2. The fourth-order valence-corrected chi connectivity index (χ4v) is 2.86. The van der Waals surface area contributed by atoms with Crippen molar-refractivity contribution in [1.29, 1.82) is 5.26 Å². The van der Waals surface area contributed by atoms with Gasteiger partial charge in [0, 0.05) is 25.2 Å². The lowest BCUT2D eigenvalue weighted by molar-refractivity contribution is -0.0112. The van der Waals surface area contributed by atoms with E-state index in [9.17, 15) is 5.26 Å². The van der Waals surface area contributed by atoms with Crippen molar-refractivity contribution >= 4 is 0 Å². The lowest BCUT2D eigenvalue weighted by Gasteiger charge is -2.40. The molecule has 1 saturated carbocycles. The summed E-state index contributed by atoms with van der Waals surface area (Å²) in [7, 11) is 0. The van der Waals surface area contributed by atoms with Gasteiger partial charge in [-0.3, -0.25) is 10.2 Å². The first-order valence-electron chi connectivity index (χ1n) is 7.08. The van der Waals surface area contributed by atoms with E-state index in [1.54, 1.807) is 0 Å². The van der Waals surface area contributed by atoms with E-state index in [-0.39, 0.29) is 5.54 Å². The van der Waals surface area contributed by atoms with Crippen LogP contribution in [0, 0.1) is 17.2 Å². The molecule has 18 heavy (non-hydrogen) atoms. The van der Waals surface area contributed by atoms with Gasteiger partial charge in [0.2, 0.25) is 0 Å². The molecule has 102 valence electrons. The smallest absolute Gasteiger partial charge is 0.122 e. The monoisotopic (exact) mass is 251 g/mol. The van der Waals surface area contributed by atoms with Crippen LogP contribution in [0.5, 0.6) is 0 Å². The molecular formula is C14H25N3O. The molecule has 4 heteroatoms. The summed E-state index contributed by atoms with van der Waals surface area (Å²) in [5.74, 6) is 0.528. The Morgan fingerprint density at radius 1 is 1.50 bits per heavy atom. The Kier molecular flexibility index (Phi) is 4.26. The second-order valence-corrected chi connectivity index (χ2v) is 6.05. The maximum atomic E-state index is 9.68. The fraction of sp³-hybridized carbons (Fsp3) is 0.929. The third-order valence-electron chi connectivity index (χ3n) is 3.98. The van der Waals surface area contributed by atoms with E-state index in [1.807, 2.05) is 0 Å². The largest absolute Gasteiger partial charge is 0.379 e. The molecule has 4 nitrogen and oxygen atoms in total. The molecule has 0 bridgehead atoms. The highest BCUT2D eigenvalue weighted by Crippen LogP contribution is 2.40. The zero-order valence-corrected chi connectivity index (χ0v) is 11.8. The van der Waals surface area contributed by atoms with Crippen molar-refractivity contribution in [3.05, 3.63) is 0 Å². The standard InChI is InChI=1S/C14H25N3O/c1-11(2)16-14(9-15,13-4-5-13)10-17-6-7-18-8-12(17)3/h11-13,16H,4-8,10H2,1-3H3. The van der Waals surface area contributed by atoms with Gasteiger partial charge < -0.3 is 4.74 Å². The van der Waals surface area contributed by atoms with Gasteiger partial charge in [-0.2, -0.15) is 5.26 Å². The minimum Gasteiger partial charge on any atom is -0.379 e. The SMILES string of the molecule is CC(C)NC(C#N)(CN1CCOCC1C)C1CC1. The normalized spacial score (nSPS) is 28.9. The van der Waals surface area contributed by atoms with Crippen LogP contribution < -0.4 is 5.32 Å². The molecule has 2 aliphatic rings. The van der Waals surface area contributed by atoms with Gasteiger partial charge in [-0.25, -0.2) is 0 Å². The summed E-state index contributed by atoms with van der Waals surface area (Å²) in [6.07, 6.45) is 2.37. The zero-order valence-electron chi connectivity index (χ0n) is 11.8. The summed E-state index contributed by atoms with van der Waals surface area (Å²) in [6.45, 7) is 9.78. The summed E-state index contributed by atoms with van der Waals surface area (Å²) in [5.41, 5.74) is -0.361. The molecule has 0 aromatic heterocycles. The molecule has 1 aliphatic heterocycles. The Morgan fingerprint density at radius 3 is 2.72 bits per heavy atom. The molecule has 0 spiro atoms. The summed E-state index contributed by atoms with van der Waals surface area (Å²) < 4.78 is 5.47. The van der Waals surface area contributed by atoms with Crippen molar-refractivity contribution in [3.8, 4) is 6.07 Å². The highest BCUT2D eigenvalue weighted by molar-refractivity contribution is 5.17. The lowest BCUT2D eigenvalue weighted by atomic mass is 9.92. The van der Waals surface area contributed by atoms with Crippen LogP contribution in [0.2, 0.25) is 0 Å². The Balaban J connectivity index is 2.06. The van der Waals surface area contributed by atoms with E-state index in [4.69, 9.17) is 4.74 Å². The molecule has 2 atom stereocenters. The topological polar surface area (TPSA) is 48.3 Å². The molecule has 1 N–H and O–H groups in total. The first-order chi connectivity index (χ1) is 8.57. The molecule has 2 fully saturated rings. The second-order valence-electron chi connectivity index (χ2n) is 6.05. The van der Waals surface area contributed by atoms with E-state index < -0.39 is 0 Å². The van der Waals surface area contributed by atoms with E-state index in [1.165, 1.54) is 12.8 Å². The first-order valence-corrected chi connectivity index (χ1v) is 7.08. The van der Waals surface area contributed by atoms with Crippen LogP contribution in [0.25, 0.3) is 0 Å². The van der Waals surface area contributed by atoms with Gasteiger partial charge in [-0.1, -0.05) is 0 Å². The van der Waals surface area contributed by atoms with Crippen molar-refractivity contribution < 1.29 is 4.74 Å². The van der Waals surface area contributed by atoms with Crippen LogP contribution in [-0.2, 0) is 4.74 Å². The van der Waals surface area contributed by atoms with Gasteiger partial charge in [-0.15, -0.1) is 0 Å². The van der Waals surface area contributed by atoms with E-state index in [2.05, 4.69) is 37.1 Å². The van der Waals surface area contributed by atoms with Gasteiger partial charge in [-0.05, 0) is 39.5 Å². The third-order valence-corrected chi connectivity index (χ3v) is 3.98. The number of nitriles is 1. The quantitative estimate of drug-likeness (QED) is 0.802. The van der Waals surface area contributed by atoms with Crippen LogP contribution in [0.15, 0.2) is 0 Å². The van der Waals surface area contributed by atoms with Crippen molar-refractivity contribution in [2.75, 3.05) is 26.3 Å². The number of rotatable bonds is 5. The number of ether oxygens (including phenoxy) is 1. The number of nitrogens with one attached hydrogen (secondary N) is 1. The maximum absolute atomic E-state index is 9.68. The number of morpholine rings is 1. The van der Waals surface area contributed by atoms with Crippen LogP contribution >= 0.6 is 0 Å². The maximum Gasteiger partial charge on any atom is 0.122 e. The van der Waals surface area contributed by atoms with E-state index in [0.717, 1.165) is 26.3 Å². The molecule has 1 saturated heterocycles. The predicted octanol–water partition coefficient (Wildman–Crippen LogP) is 1.38. The van der Waals surface area contributed by atoms with Gasteiger partial charge in [0.15, 0.2) is 0 Å². The zero-order chi connectivity index (χ0) is 13.2. The van der Waals surface area contributed by atoms with Gasteiger partial charge >= 0.3 is 0 Å². The van der Waals surface area contributed by atoms with Crippen LogP contribution in [0.4, 0.5) is 0 Å². The average molecular weight is 251 g/mol. The molecular weight excluding hydrogens is 226 g/mol. The fourth-order valence-electron chi connectivity index (χ4n) is 2.86. The van der Waals surface area contributed by atoms with Crippen molar-refractivity contribution in [1.82, 2.24) is 10.2 Å². The molecule has 1 heterocycles. The minimum absolute atomic E-state index is 0.349. The van der Waals surface area contributed by atoms with Crippen molar-refractivity contribution in [2.24, 2.45) is 5.92 Å². The van der Waals surface area contributed by atoms with Gasteiger partial charge in [0.25, 0.3) is 0 Å². The van der Waals surface area contributed by atoms with Gasteiger partial charge in [0.1, 0.15) is 5.54 Å². The first kappa shape index (κ1) is 13.8. The van der Waals surface area contributed by atoms with E-state index >= 15 is 0 Å². The molecule has 1 aliphatic carbocycles. The molecule has 0 aromatic rings. The molecule has 0 amide bonds. The summed E-state index contributed by atoms with van der Waals surface area (Å²) in [5, 5.41) is 13.2. The average Bonchev–Trinajstić information content (AvgIpc) is 3.14. The Bertz CT molecular complexity index is 321. The van der Waals surface area contributed by atoms with Crippen LogP contribution in [-0.4, -0.2) is 48.8 Å². The number of hydrogen-bond acceptors (Lipinski definition) is 4. The van der Waals surface area contributed by atoms with Gasteiger partial charge in [0.05, 0.1) is 19.3 Å². The Morgan fingerprint density at radius 2 is 2.22 bits per heavy atom. The Labute approximate surface area is 110 Å². The number of hydrogen-bond donors (Lipinski definition) is 1. The molecule has 0 aromatic carbocycles. The van der Waals surface area contributed by atoms with Crippen molar-refractivity contribution in [2.45, 2.75) is 51.2 Å². The second kappa shape index (κ2) is 5.56. The molecule has 0 radical (unpaired) electrons. The van der Waals surface area contributed by atoms with Crippen molar-refractivity contribution in [3.63, 3.8) is 0 Å². The molecule has 2 rings (SSSR count). The van der Waals surface area contributed by atoms with Crippen LogP contribution in [0.3, 0.4) is 0 Å². The van der Waals surface area contributed by atoms with Crippen LogP contribution in [0.1, 0.15) is 33.6 Å². The predicted molar refractivity (Wildman–Crippen MR) is 71.2 cm³/mol. The Hall–Kier alpha value is -0.630. The van der Waals surface area contributed by atoms with E-state index in [0.29, 0.717) is 18.0 Å². The summed E-state index contributed by atoms with van der Waals surface area (Å²) in [4.78, 5) is 2.40. The minimum atomic E-state index is -0.361. The summed E-state index contributed by atoms with van der Waals surface area (Å²) in [6, 6.07) is 3.35. The summed E-state index contributed by atoms with van der Waals surface area (Å²) >= 11 is 0.